The van der Waals surface area contributed by atoms with E-state index >= 15 is 0 Å². The van der Waals surface area contributed by atoms with Crippen molar-refractivity contribution in [2.45, 2.75) is 314 Å². The van der Waals surface area contributed by atoms with Crippen LogP contribution in [-0.4, -0.2) is 101 Å². The summed E-state index contributed by atoms with van der Waals surface area (Å²) < 4.78 is 53.7. The molecule has 8 saturated carbocycles. The van der Waals surface area contributed by atoms with E-state index in [-0.39, 0.29) is 93.3 Å². The molecule has 0 N–H and O–H groups in total. The van der Waals surface area contributed by atoms with E-state index < -0.39 is 21.7 Å². The predicted molar refractivity (Wildman–Crippen MR) is 334 cm³/mol. The van der Waals surface area contributed by atoms with Crippen LogP contribution in [0.3, 0.4) is 0 Å². The maximum absolute atomic E-state index is 12.3. The van der Waals surface area contributed by atoms with Crippen LogP contribution in [-0.2, 0) is 76.1 Å². The number of rotatable bonds is 26. The molecule has 86 heavy (non-hydrogen) atoms. The highest BCUT2D eigenvalue weighted by Gasteiger charge is 2.54. The number of ether oxygens (including phenoxy) is 10. The monoisotopic (exact) mass is 1220 g/mol. The SMILES string of the molecule is CCC(C)(C)C(=O)OCOC1C2CC3CC(C2)C(=O)C1C3.CCC(C)(C)C(=O)OCOC1CCCC1.CCC(C)(C)C(=O)OCOC1CCCCC1.CCC(C)(C)C(=O)OCOC1CCCCCC1.CCC(C)(C)C(=O)OCOCC1CCCCC1. The van der Waals surface area contributed by atoms with E-state index in [4.69, 9.17) is 47.4 Å². The molecule has 5 unspecified atom stereocenters. The van der Waals surface area contributed by atoms with E-state index in [9.17, 15) is 28.8 Å². The number of carbonyl (C=O) groups is 6. The van der Waals surface area contributed by atoms with E-state index in [1.54, 1.807) is 0 Å². The van der Waals surface area contributed by atoms with E-state index in [0.29, 0.717) is 29.8 Å². The van der Waals surface area contributed by atoms with Crippen molar-refractivity contribution in [3.63, 3.8) is 0 Å². The predicted octanol–water partition coefficient (Wildman–Crippen LogP) is 16.3. The van der Waals surface area contributed by atoms with Crippen LogP contribution in [0, 0.1) is 56.7 Å². The smallest absolute Gasteiger partial charge is 0.313 e. The summed E-state index contributed by atoms with van der Waals surface area (Å²) in [7, 11) is 0. The molecule has 0 amide bonds. The largest absolute Gasteiger partial charge is 0.438 e. The molecule has 0 aliphatic heterocycles. The summed E-state index contributed by atoms with van der Waals surface area (Å²) in [6.07, 6.45) is 33.5. The van der Waals surface area contributed by atoms with Crippen LogP contribution in [0.2, 0.25) is 0 Å². The molecule has 4 bridgehead atoms. The molecule has 16 nitrogen and oxygen atoms in total. The van der Waals surface area contributed by atoms with Crippen molar-refractivity contribution >= 4 is 35.6 Å². The van der Waals surface area contributed by atoms with Crippen molar-refractivity contribution in [2.75, 3.05) is 40.6 Å². The Bertz CT molecular complexity index is 1950. The fraction of sp³-hybridized carbons (Fsp3) is 0.914. The Morgan fingerprint density at radius 3 is 1.02 bits per heavy atom. The van der Waals surface area contributed by atoms with Gasteiger partial charge in [0.05, 0.1) is 58.1 Å². The second kappa shape index (κ2) is 39.2. The first-order valence-corrected chi connectivity index (χ1v) is 34.1. The van der Waals surface area contributed by atoms with Gasteiger partial charge in [0.15, 0.2) is 34.0 Å². The van der Waals surface area contributed by atoms with Gasteiger partial charge in [-0.15, -0.1) is 0 Å². The van der Waals surface area contributed by atoms with Crippen LogP contribution in [0.5, 0.6) is 0 Å². The number of carbonyl (C=O) groups excluding carboxylic acids is 6. The fourth-order valence-corrected chi connectivity index (χ4v) is 11.6. The summed E-state index contributed by atoms with van der Waals surface area (Å²) in [6, 6.07) is 0. The van der Waals surface area contributed by atoms with Crippen LogP contribution in [0.25, 0.3) is 0 Å². The lowest BCUT2D eigenvalue weighted by molar-refractivity contribution is -0.193. The third kappa shape index (κ3) is 27.5. The zero-order valence-corrected chi connectivity index (χ0v) is 57.0. The average Bonchev–Trinajstić information content (AvgIpc) is 0.905. The van der Waals surface area contributed by atoms with Crippen molar-refractivity contribution < 1.29 is 76.1 Å². The Hall–Kier alpha value is -3.18. The summed E-state index contributed by atoms with van der Waals surface area (Å²) in [5, 5.41) is 0. The number of esters is 5. The lowest BCUT2D eigenvalue weighted by Crippen LogP contribution is -2.55. The summed E-state index contributed by atoms with van der Waals surface area (Å²) in [5.74, 6) is 1.74. The molecule has 5 atom stereocenters. The Labute approximate surface area is 521 Å². The molecule has 0 aromatic rings. The summed E-state index contributed by atoms with van der Waals surface area (Å²) >= 11 is 0. The van der Waals surface area contributed by atoms with Crippen LogP contribution in [0.15, 0.2) is 0 Å². The maximum Gasteiger partial charge on any atom is 0.313 e. The summed E-state index contributed by atoms with van der Waals surface area (Å²) in [6.45, 7) is 30.1. The minimum atomic E-state index is -0.469. The van der Waals surface area contributed by atoms with Crippen LogP contribution in [0.4, 0.5) is 0 Å². The van der Waals surface area contributed by atoms with Gasteiger partial charge in [-0.25, -0.2) is 0 Å². The van der Waals surface area contributed by atoms with Crippen molar-refractivity contribution in [1.29, 1.82) is 0 Å². The molecule has 500 valence electrons. The van der Waals surface area contributed by atoms with Crippen LogP contribution >= 0.6 is 0 Å². The van der Waals surface area contributed by atoms with Gasteiger partial charge >= 0.3 is 29.8 Å². The Balaban J connectivity index is 0.000000283. The molecule has 8 fully saturated rings. The molecule has 8 aliphatic rings. The molecular weight excluding hydrogens is 1100 g/mol. The van der Waals surface area contributed by atoms with Gasteiger partial charge in [0.2, 0.25) is 0 Å². The second-order valence-corrected chi connectivity index (χ2v) is 29.0. The van der Waals surface area contributed by atoms with Gasteiger partial charge < -0.3 is 47.4 Å². The van der Waals surface area contributed by atoms with E-state index in [1.165, 1.54) is 96.3 Å². The number of Topliss-reactive ketones (excluding diaryl/α,β-unsaturated/α-hetero) is 1. The molecule has 0 radical (unpaired) electrons. The third-order valence-electron chi connectivity index (χ3n) is 20.2. The number of hydrogen-bond donors (Lipinski definition) is 0. The zero-order valence-electron chi connectivity index (χ0n) is 57.0. The molecule has 8 rings (SSSR count). The molecule has 0 saturated heterocycles. The van der Waals surface area contributed by atoms with Gasteiger partial charge in [-0.2, -0.15) is 0 Å². The van der Waals surface area contributed by atoms with Crippen molar-refractivity contribution in [2.24, 2.45) is 56.7 Å². The average molecular weight is 1220 g/mol. The van der Waals surface area contributed by atoms with Crippen molar-refractivity contribution in [3.05, 3.63) is 0 Å². The van der Waals surface area contributed by atoms with Gasteiger partial charge in [0.25, 0.3) is 0 Å². The summed E-state index contributed by atoms with van der Waals surface area (Å²) in [5.41, 5.74) is -2.04. The molecule has 8 aliphatic carbocycles. The normalized spacial score (nSPS) is 23.1. The summed E-state index contributed by atoms with van der Waals surface area (Å²) in [4.78, 5) is 70.8. The van der Waals surface area contributed by atoms with E-state index in [2.05, 4.69) is 0 Å². The van der Waals surface area contributed by atoms with Gasteiger partial charge in [-0.1, -0.05) is 112 Å². The minimum absolute atomic E-state index is 0.0114. The van der Waals surface area contributed by atoms with Gasteiger partial charge in [0, 0.05) is 11.8 Å². The molecule has 0 spiro atoms. The first-order valence-electron chi connectivity index (χ1n) is 34.1. The quantitative estimate of drug-likeness (QED) is 0.0261. The number of ketones is 1. The van der Waals surface area contributed by atoms with Gasteiger partial charge in [-0.05, 0) is 196 Å². The van der Waals surface area contributed by atoms with Crippen LogP contribution < -0.4 is 0 Å². The van der Waals surface area contributed by atoms with Crippen molar-refractivity contribution in [1.82, 2.24) is 0 Å². The highest BCUT2D eigenvalue weighted by molar-refractivity contribution is 5.86. The first-order chi connectivity index (χ1) is 40.7. The van der Waals surface area contributed by atoms with E-state index in [1.807, 2.05) is 104 Å². The molecule has 0 heterocycles. The molecule has 0 aromatic carbocycles. The zero-order chi connectivity index (χ0) is 64.0. The highest BCUT2D eigenvalue weighted by Crippen LogP contribution is 2.53. The van der Waals surface area contributed by atoms with Gasteiger partial charge in [0.1, 0.15) is 5.78 Å². The molecular formula is C70H124O16. The lowest BCUT2D eigenvalue weighted by Gasteiger charge is -2.52. The lowest BCUT2D eigenvalue weighted by atomic mass is 9.54. The molecule has 16 heteroatoms. The first kappa shape index (κ1) is 77.1. The standard InChI is InChI=1S/C17H26O4.2C14H26O3.C13H24O3.C12H22O3/c1-4-17(2,3)16(19)21-9-20-15-12-6-10-5-11(8-12)14(18)13(15)7-10;1-4-14(2,3)13(15)17-11-16-10-12-8-6-5-7-9-12;1-4-14(2,3)13(15)17-11-16-12-9-7-5-6-8-10-12;1-4-13(2,3)12(14)16-10-15-11-8-6-5-7-9-11;1-4-12(2,3)11(13)15-9-14-10-7-5-6-8-10/h10-13,15H,4-9H2,1-3H3;2*12H,4-11H2,1-3H3;11H,4-10H2,1-3H3;10H,4-9H2,1-3H3. The third-order valence-corrected chi connectivity index (χ3v) is 20.2. The minimum Gasteiger partial charge on any atom is -0.438 e. The Morgan fingerprint density at radius 1 is 0.372 bits per heavy atom. The Kier molecular flexibility index (Phi) is 35.1. The second-order valence-electron chi connectivity index (χ2n) is 29.0. The Morgan fingerprint density at radius 2 is 0.674 bits per heavy atom. The van der Waals surface area contributed by atoms with Gasteiger partial charge in [-0.3, -0.25) is 28.8 Å². The van der Waals surface area contributed by atoms with E-state index in [0.717, 1.165) is 102 Å². The highest BCUT2D eigenvalue weighted by atomic mass is 16.7. The fourth-order valence-electron chi connectivity index (χ4n) is 11.6. The number of hydrogen-bond acceptors (Lipinski definition) is 16. The maximum atomic E-state index is 12.3. The van der Waals surface area contributed by atoms with Crippen LogP contribution in [0.1, 0.15) is 290 Å². The van der Waals surface area contributed by atoms with Crippen molar-refractivity contribution in [3.8, 4) is 0 Å². The molecule has 0 aromatic heterocycles. The topological polar surface area (TPSA) is 195 Å².